The zero-order valence-electron chi connectivity index (χ0n) is 30.9. The van der Waals surface area contributed by atoms with E-state index in [9.17, 15) is 26.3 Å². The molecule has 8 rings (SSSR count). The van der Waals surface area contributed by atoms with Crippen molar-refractivity contribution >= 4 is 31.3 Å². The van der Waals surface area contributed by atoms with Crippen LogP contribution < -0.4 is 8.80 Å². The Kier molecular flexibility index (Phi) is 14.2. The summed E-state index contributed by atoms with van der Waals surface area (Å²) in [5, 5.41) is 0. The molecule has 4 aromatic carbocycles. The van der Waals surface area contributed by atoms with Gasteiger partial charge in [0.15, 0.2) is 32.6 Å². The van der Waals surface area contributed by atoms with Crippen molar-refractivity contribution in [3.05, 3.63) is 194 Å². The number of halogens is 6. The van der Waals surface area contributed by atoms with Gasteiger partial charge in [0.2, 0.25) is 22.4 Å². The Hall–Kier alpha value is -6.46. The molecule has 0 fully saturated rings. The van der Waals surface area contributed by atoms with Crippen molar-refractivity contribution in [2.75, 3.05) is 0 Å². The fraction of sp³-hybridized carbons (Fsp3) is 0.0455. The second-order valence-corrected chi connectivity index (χ2v) is 15.2. The maximum absolute atomic E-state index is 10.7. The minimum absolute atomic E-state index is 1.20. The van der Waals surface area contributed by atoms with Gasteiger partial charge >= 0.3 is 11.0 Å². The first-order chi connectivity index (χ1) is 28.4. The van der Waals surface area contributed by atoms with Crippen LogP contribution in [0, 0.1) is 0 Å². The molecule has 4 aromatic heterocycles. The van der Waals surface area contributed by atoms with Crippen molar-refractivity contribution in [2.24, 2.45) is 0 Å². The highest BCUT2D eigenvalue weighted by Gasteiger charge is 2.37. The van der Waals surface area contributed by atoms with E-state index in [0.29, 0.717) is 0 Å². The minimum Gasteiger partial charge on any atom is -0.741 e. The van der Waals surface area contributed by atoms with Crippen LogP contribution in [0.15, 0.2) is 194 Å². The number of rotatable bonds is 4. The molecule has 60 heavy (non-hydrogen) atoms. The molecule has 8 nitrogen and oxygen atoms in total. The van der Waals surface area contributed by atoms with E-state index in [2.05, 4.69) is 203 Å². The molecule has 8 aromatic rings. The second kappa shape index (κ2) is 19.1. The first kappa shape index (κ1) is 44.6. The quantitative estimate of drug-likeness (QED) is 0.0752. The molecule has 0 aliphatic heterocycles. The molecule has 4 heterocycles. The van der Waals surface area contributed by atoms with Crippen molar-refractivity contribution in [1.82, 2.24) is 0 Å². The zero-order chi connectivity index (χ0) is 43.6. The molecule has 0 bridgehead atoms. The van der Waals surface area contributed by atoms with Crippen LogP contribution in [0.5, 0.6) is 0 Å². The van der Waals surface area contributed by atoms with Crippen molar-refractivity contribution in [2.45, 2.75) is 11.0 Å². The van der Waals surface area contributed by atoms with Crippen LogP contribution in [0.2, 0.25) is 0 Å². The molecule has 0 atom stereocenters. The van der Waals surface area contributed by atoms with Gasteiger partial charge in [-0.05, 0) is 59.7 Å². The molecule has 0 aliphatic rings. The maximum Gasteiger partial charge on any atom is 0.485 e. The molecule has 0 N–H and O–H groups in total. The minimum atomic E-state index is -6.09. The van der Waals surface area contributed by atoms with Crippen LogP contribution in [0.3, 0.4) is 0 Å². The lowest BCUT2D eigenvalue weighted by atomic mass is 9.98. The molecule has 0 spiro atoms. The number of nitrogens with zero attached hydrogens (tertiary/aromatic N) is 2. The first-order valence-electron chi connectivity index (χ1n) is 17.5. The lowest BCUT2D eigenvalue weighted by Gasteiger charge is -2.08. The Morgan fingerprint density at radius 1 is 0.350 bits per heavy atom. The van der Waals surface area contributed by atoms with Crippen LogP contribution in [-0.2, 0) is 20.2 Å². The van der Waals surface area contributed by atoms with E-state index in [4.69, 9.17) is 25.9 Å². The molecule has 0 saturated carbocycles. The lowest BCUT2D eigenvalue weighted by molar-refractivity contribution is -0.499. The number of pyridine rings is 4. The molecule has 308 valence electrons. The average Bonchev–Trinajstić information content (AvgIpc) is 3.23. The normalized spacial score (nSPS) is 11.6. The standard InChI is InChI=1S/2C21H16N.2CHF3O3S/c2*1-3-9-17(10-4-1)20-15-14-19-13-7-8-16-22(19)21(20)18-11-5-2-6-12-18;2*2-1(3,4)8(5,6)7/h2*1-16H;2*(H,5,6,7)/q2*+1;;/p-2. The molecular formula is C44H32F6N2O6S2. The van der Waals surface area contributed by atoms with Crippen LogP contribution in [0.25, 0.3) is 55.8 Å². The van der Waals surface area contributed by atoms with Gasteiger partial charge in [0.05, 0.1) is 11.1 Å². The average molecular weight is 863 g/mol. The van der Waals surface area contributed by atoms with Gasteiger partial charge in [-0.15, -0.1) is 0 Å². The van der Waals surface area contributed by atoms with Crippen LogP contribution >= 0.6 is 0 Å². The van der Waals surface area contributed by atoms with Crippen molar-refractivity contribution in [3.63, 3.8) is 0 Å². The smallest absolute Gasteiger partial charge is 0.485 e. The monoisotopic (exact) mass is 862 g/mol. The Labute approximate surface area is 341 Å². The summed E-state index contributed by atoms with van der Waals surface area (Å²) >= 11 is 0. The van der Waals surface area contributed by atoms with E-state index in [-0.39, 0.29) is 0 Å². The van der Waals surface area contributed by atoms with Gasteiger partial charge in [0.25, 0.3) is 0 Å². The third-order valence-corrected chi connectivity index (χ3v) is 9.58. The summed E-state index contributed by atoms with van der Waals surface area (Å²) in [6.45, 7) is 0. The Morgan fingerprint density at radius 3 is 0.867 bits per heavy atom. The van der Waals surface area contributed by atoms with Crippen LogP contribution in [0.4, 0.5) is 26.3 Å². The summed E-state index contributed by atoms with van der Waals surface area (Å²) in [7, 11) is -12.2. The third kappa shape index (κ3) is 11.4. The number of benzene rings is 4. The van der Waals surface area contributed by atoms with Crippen molar-refractivity contribution in [3.8, 4) is 44.8 Å². The van der Waals surface area contributed by atoms with Gasteiger partial charge in [0, 0.05) is 47.5 Å². The van der Waals surface area contributed by atoms with Crippen LogP contribution in [-0.4, -0.2) is 37.0 Å². The van der Waals surface area contributed by atoms with Gasteiger partial charge < -0.3 is 9.11 Å². The topological polar surface area (TPSA) is 123 Å². The Balaban J connectivity index is 0.000000169. The summed E-state index contributed by atoms with van der Waals surface area (Å²) in [6.07, 6.45) is 4.26. The van der Waals surface area contributed by atoms with Gasteiger partial charge in [0.1, 0.15) is 0 Å². The highest BCUT2D eigenvalue weighted by Crippen LogP contribution is 2.31. The second-order valence-electron chi connectivity index (χ2n) is 12.4. The van der Waals surface area contributed by atoms with E-state index in [1.165, 1.54) is 55.8 Å². The molecule has 0 amide bonds. The largest absolute Gasteiger partial charge is 0.741 e. The predicted molar refractivity (Wildman–Crippen MR) is 212 cm³/mol. The first-order valence-corrected chi connectivity index (χ1v) is 20.3. The summed E-state index contributed by atoms with van der Waals surface area (Å²) in [6, 6.07) is 63.6. The summed E-state index contributed by atoms with van der Waals surface area (Å²) in [5.74, 6) is 0. The highest BCUT2D eigenvalue weighted by atomic mass is 32.2. The molecule has 16 heteroatoms. The Morgan fingerprint density at radius 2 is 0.600 bits per heavy atom. The van der Waals surface area contributed by atoms with Gasteiger partial charge in [-0.1, -0.05) is 97.1 Å². The third-order valence-electron chi connectivity index (χ3n) is 8.45. The fourth-order valence-corrected chi connectivity index (χ4v) is 5.83. The van der Waals surface area contributed by atoms with E-state index < -0.39 is 31.3 Å². The maximum atomic E-state index is 10.7. The molecule has 0 aliphatic carbocycles. The molecule has 0 saturated heterocycles. The van der Waals surface area contributed by atoms with Crippen LogP contribution in [0.1, 0.15) is 0 Å². The van der Waals surface area contributed by atoms with Crippen molar-refractivity contribution < 1.29 is 61.1 Å². The van der Waals surface area contributed by atoms with Gasteiger partial charge in [-0.25, -0.2) is 16.8 Å². The van der Waals surface area contributed by atoms with E-state index in [1.807, 2.05) is 0 Å². The number of alkyl halides is 6. The number of hydrogen-bond donors (Lipinski definition) is 0. The highest BCUT2D eigenvalue weighted by molar-refractivity contribution is 7.86. The van der Waals surface area contributed by atoms with E-state index in [0.717, 1.165) is 0 Å². The Bertz CT molecular complexity index is 2690. The number of aromatic nitrogens is 2. The van der Waals surface area contributed by atoms with Gasteiger partial charge in [-0.2, -0.15) is 35.1 Å². The molecule has 0 radical (unpaired) electrons. The lowest BCUT2D eigenvalue weighted by Crippen LogP contribution is -2.25. The van der Waals surface area contributed by atoms with Crippen molar-refractivity contribution in [1.29, 1.82) is 0 Å². The van der Waals surface area contributed by atoms with E-state index in [1.54, 1.807) is 0 Å². The predicted octanol–water partition coefficient (Wildman–Crippen LogP) is 9.62. The SMILES string of the molecule is O=S(=O)([O-])C(F)(F)F.O=S(=O)([O-])C(F)(F)F.c1ccc(-c2ccc3cccc[n+]3c2-c2ccccc2)cc1.c1ccc(-c2ccc3cccc[n+]3c2-c2ccccc2)cc1. The number of fused-ring (bicyclic) bond motifs is 2. The molecular weight excluding hydrogens is 831 g/mol. The number of hydrogen-bond acceptors (Lipinski definition) is 6. The fourth-order valence-electron chi connectivity index (χ4n) is 5.83. The molecule has 0 unspecified atom stereocenters. The summed E-state index contributed by atoms with van der Waals surface area (Å²) in [5.41, 5.74) is 0.966. The van der Waals surface area contributed by atoms with Gasteiger partial charge in [-0.3, -0.25) is 0 Å². The summed E-state index contributed by atoms with van der Waals surface area (Å²) < 4.78 is 122. The summed E-state index contributed by atoms with van der Waals surface area (Å²) in [4.78, 5) is 0. The zero-order valence-corrected chi connectivity index (χ0v) is 32.5. The van der Waals surface area contributed by atoms with E-state index >= 15 is 0 Å².